The van der Waals surface area contributed by atoms with Crippen molar-refractivity contribution in [2.75, 3.05) is 5.32 Å². The average molecular weight is 333 g/mol. The van der Waals surface area contributed by atoms with Crippen LogP contribution >= 0.6 is 0 Å². The highest BCUT2D eigenvalue weighted by molar-refractivity contribution is 5.75. The normalized spacial score (nSPS) is 10.9. The molecule has 0 bridgehead atoms. The maximum absolute atomic E-state index is 7.28. The zero-order valence-corrected chi connectivity index (χ0v) is 13.4. The summed E-state index contributed by atoms with van der Waals surface area (Å²) in [6.07, 6.45) is 6.92. The first-order chi connectivity index (χ1) is 12.2. The van der Waals surface area contributed by atoms with Gasteiger partial charge in [0.05, 0.1) is 35.7 Å². The lowest BCUT2D eigenvalue weighted by molar-refractivity contribution is 0.768. The van der Waals surface area contributed by atoms with E-state index in [9.17, 15) is 0 Å². The predicted molar refractivity (Wildman–Crippen MR) is 92.5 cm³/mol. The number of fused-ring (bicyclic) bond motifs is 1. The predicted octanol–water partition coefficient (Wildman–Crippen LogP) is 3.03. The van der Waals surface area contributed by atoms with Crippen LogP contribution in [0.3, 0.4) is 0 Å². The fraction of sp³-hybridized carbons (Fsp3) is 0.125. The van der Waals surface area contributed by atoms with E-state index in [1.807, 2.05) is 31.4 Å². The van der Waals surface area contributed by atoms with Crippen LogP contribution < -0.4 is 5.32 Å². The molecular weight excluding hydrogens is 318 g/mol. The van der Waals surface area contributed by atoms with Gasteiger partial charge in [-0.15, -0.1) is 5.11 Å². The number of anilines is 1. The van der Waals surface area contributed by atoms with Crippen LogP contribution in [0.4, 0.5) is 11.6 Å². The number of rotatable bonds is 5. The maximum atomic E-state index is 7.28. The second-order valence-corrected chi connectivity index (χ2v) is 5.53. The molecule has 0 fully saturated rings. The van der Waals surface area contributed by atoms with Gasteiger partial charge in [-0.2, -0.15) is 5.10 Å². The molecule has 25 heavy (non-hydrogen) atoms. The Morgan fingerprint density at radius 2 is 2.24 bits per heavy atom. The van der Waals surface area contributed by atoms with Gasteiger partial charge in [-0.1, -0.05) is 0 Å². The van der Waals surface area contributed by atoms with Crippen LogP contribution in [0.5, 0.6) is 0 Å². The monoisotopic (exact) mass is 333 g/mol. The SMILES string of the molecule is Cn1cc(-c2cnc(N=N)c(NCc3cc4ncccc4[nH]3)n2)cn1. The van der Waals surface area contributed by atoms with Gasteiger partial charge in [0.15, 0.2) is 5.82 Å². The summed E-state index contributed by atoms with van der Waals surface area (Å²) in [6.45, 7) is 0.490. The van der Waals surface area contributed by atoms with E-state index < -0.39 is 0 Å². The zero-order chi connectivity index (χ0) is 17.2. The fourth-order valence-electron chi connectivity index (χ4n) is 2.56. The lowest BCUT2D eigenvalue weighted by Crippen LogP contribution is -2.03. The van der Waals surface area contributed by atoms with Crippen molar-refractivity contribution in [1.29, 1.82) is 5.53 Å². The highest BCUT2D eigenvalue weighted by Gasteiger charge is 2.10. The van der Waals surface area contributed by atoms with Gasteiger partial charge in [-0.25, -0.2) is 15.5 Å². The third-order valence-electron chi connectivity index (χ3n) is 3.75. The Labute approximate surface area is 142 Å². The van der Waals surface area contributed by atoms with Crippen molar-refractivity contribution >= 4 is 22.7 Å². The molecule has 4 heterocycles. The highest BCUT2D eigenvalue weighted by Crippen LogP contribution is 2.25. The van der Waals surface area contributed by atoms with E-state index in [1.165, 1.54) is 0 Å². The van der Waals surface area contributed by atoms with E-state index in [2.05, 4.69) is 35.5 Å². The largest absolute Gasteiger partial charge is 0.361 e. The quantitative estimate of drug-likeness (QED) is 0.485. The van der Waals surface area contributed by atoms with E-state index >= 15 is 0 Å². The zero-order valence-electron chi connectivity index (χ0n) is 13.4. The Balaban J connectivity index is 1.60. The first-order valence-electron chi connectivity index (χ1n) is 7.63. The number of pyridine rings is 1. The van der Waals surface area contributed by atoms with Crippen LogP contribution in [0.15, 0.2) is 48.1 Å². The van der Waals surface area contributed by atoms with Gasteiger partial charge in [-0.05, 0) is 18.2 Å². The molecule has 3 N–H and O–H groups in total. The Hall–Kier alpha value is -3.62. The number of aromatic amines is 1. The van der Waals surface area contributed by atoms with Crippen molar-refractivity contribution in [3.05, 3.63) is 48.7 Å². The van der Waals surface area contributed by atoms with Gasteiger partial charge in [0.2, 0.25) is 5.82 Å². The van der Waals surface area contributed by atoms with Crippen molar-refractivity contribution in [2.45, 2.75) is 6.54 Å². The third-order valence-corrected chi connectivity index (χ3v) is 3.75. The van der Waals surface area contributed by atoms with Crippen molar-refractivity contribution < 1.29 is 0 Å². The van der Waals surface area contributed by atoms with E-state index in [1.54, 1.807) is 23.3 Å². The number of hydrogen-bond acceptors (Lipinski definition) is 7. The van der Waals surface area contributed by atoms with Crippen molar-refractivity contribution in [3.63, 3.8) is 0 Å². The summed E-state index contributed by atoms with van der Waals surface area (Å²) in [5.41, 5.74) is 11.6. The summed E-state index contributed by atoms with van der Waals surface area (Å²) in [5, 5.41) is 10.8. The third kappa shape index (κ3) is 2.94. The van der Waals surface area contributed by atoms with Gasteiger partial charge < -0.3 is 10.3 Å². The average Bonchev–Trinajstić information content (AvgIpc) is 3.25. The molecule has 0 saturated carbocycles. The standard InChI is InChI=1S/C16H15N9/c1-25-9-10(6-21-25)14-8-20-16(24-17)15(23-14)19-7-11-5-13-12(22-11)3-2-4-18-13/h2-6,8-9,17,22H,7H2,1H3,(H,19,23). The summed E-state index contributed by atoms with van der Waals surface area (Å²) >= 11 is 0. The number of aromatic nitrogens is 6. The maximum Gasteiger partial charge on any atom is 0.216 e. The topological polar surface area (TPSA) is 121 Å². The summed E-state index contributed by atoms with van der Waals surface area (Å²) in [5.74, 6) is 0.685. The molecule has 0 amide bonds. The minimum Gasteiger partial charge on any atom is -0.361 e. The van der Waals surface area contributed by atoms with E-state index in [0.29, 0.717) is 18.1 Å². The van der Waals surface area contributed by atoms with Crippen LogP contribution in [0.2, 0.25) is 0 Å². The van der Waals surface area contributed by atoms with Gasteiger partial charge in [0.25, 0.3) is 0 Å². The molecule has 4 rings (SSSR count). The smallest absolute Gasteiger partial charge is 0.216 e. The molecule has 0 aliphatic heterocycles. The molecule has 0 radical (unpaired) electrons. The van der Waals surface area contributed by atoms with Gasteiger partial charge in [0, 0.05) is 30.7 Å². The van der Waals surface area contributed by atoms with Crippen LogP contribution in [-0.2, 0) is 13.6 Å². The molecule has 0 spiro atoms. The molecule has 0 atom stereocenters. The molecule has 0 aliphatic rings. The van der Waals surface area contributed by atoms with Gasteiger partial charge >= 0.3 is 0 Å². The number of nitrogens with one attached hydrogen (secondary N) is 3. The Bertz CT molecular complexity index is 1010. The van der Waals surface area contributed by atoms with Crippen LogP contribution in [-0.4, -0.2) is 29.7 Å². The van der Waals surface area contributed by atoms with Crippen LogP contribution in [0.25, 0.3) is 22.3 Å². The molecular formula is C16H15N9. The highest BCUT2D eigenvalue weighted by atomic mass is 15.2. The molecule has 0 aromatic carbocycles. The van der Waals surface area contributed by atoms with E-state index in [-0.39, 0.29) is 5.82 Å². The Kier molecular flexibility index (Phi) is 3.65. The number of H-pyrrole nitrogens is 1. The van der Waals surface area contributed by atoms with Gasteiger partial charge in [-0.3, -0.25) is 9.67 Å². The lowest BCUT2D eigenvalue weighted by atomic mass is 10.3. The lowest BCUT2D eigenvalue weighted by Gasteiger charge is -2.07. The summed E-state index contributed by atoms with van der Waals surface area (Å²) in [6, 6.07) is 5.83. The molecule has 0 unspecified atom stereocenters. The Morgan fingerprint density at radius 1 is 1.32 bits per heavy atom. The molecule has 9 nitrogen and oxygen atoms in total. The molecule has 9 heteroatoms. The fourth-order valence-corrected chi connectivity index (χ4v) is 2.56. The minimum absolute atomic E-state index is 0.238. The van der Waals surface area contributed by atoms with Crippen LogP contribution in [0, 0.1) is 5.53 Å². The number of hydrogen-bond donors (Lipinski definition) is 3. The van der Waals surface area contributed by atoms with Crippen molar-refractivity contribution in [2.24, 2.45) is 12.2 Å². The number of aryl methyl sites for hydroxylation is 1. The minimum atomic E-state index is 0.238. The molecule has 0 saturated heterocycles. The van der Waals surface area contributed by atoms with Crippen molar-refractivity contribution in [3.8, 4) is 11.3 Å². The summed E-state index contributed by atoms with van der Waals surface area (Å²) in [4.78, 5) is 16.3. The summed E-state index contributed by atoms with van der Waals surface area (Å²) < 4.78 is 1.70. The first kappa shape index (κ1) is 14.9. The second-order valence-electron chi connectivity index (χ2n) is 5.53. The Morgan fingerprint density at radius 3 is 3.00 bits per heavy atom. The number of nitrogens with zero attached hydrogens (tertiary/aromatic N) is 6. The van der Waals surface area contributed by atoms with Crippen molar-refractivity contribution in [1.82, 2.24) is 29.7 Å². The van der Waals surface area contributed by atoms with E-state index in [0.717, 1.165) is 22.3 Å². The van der Waals surface area contributed by atoms with Crippen LogP contribution in [0.1, 0.15) is 5.69 Å². The first-order valence-corrected chi connectivity index (χ1v) is 7.63. The molecule has 4 aromatic heterocycles. The van der Waals surface area contributed by atoms with E-state index in [4.69, 9.17) is 5.53 Å². The van der Waals surface area contributed by atoms with Gasteiger partial charge in [0.1, 0.15) is 0 Å². The molecule has 4 aromatic rings. The summed E-state index contributed by atoms with van der Waals surface area (Å²) in [7, 11) is 1.84. The molecule has 0 aliphatic carbocycles. The molecule has 124 valence electrons. The second kappa shape index (κ2) is 6.11.